The van der Waals surface area contributed by atoms with Crippen LogP contribution in [0.2, 0.25) is 0 Å². The summed E-state index contributed by atoms with van der Waals surface area (Å²) in [6.45, 7) is 0.322. The molecule has 1 heterocycles. The number of aryl methyl sites for hydroxylation is 2. The van der Waals surface area contributed by atoms with Gasteiger partial charge < -0.3 is 4.74 Å². The molecule has 0 spiro atoms. The first-order chi connectivity index (χ1) is 8.62. The van der Waals surface area contributed by atoms with E-state index in [4.69, 9.17) is 4.74 Å². The Hall–Kier alpha value is -1.26. The highest BCUT2D eigenvalue weighted by Gasteiger charge is 2.45. The summed E-state index contributed by atoms with van der Waals surface area (Å²) >= 11 is 0. The summed E-state index contributed by atoms with van der Waals surface area (Å²) in [5.74, 6) is -2.04. The molecule has 18 heavy (non-hydrogen) atoms. The molecule has 0 atom stereocenters. The monoisotopic (exact) mass is 254 g/mol. The third-order valence-electron chi connectivity index (χ3n) is 3.69. The van der Waals surface area contributed by atoms with Crippen LogP contribution < -0.4 is 4.74 Å². The van der Waals surface area contributed by atoms with E-state index >= 15 is 0 Å². The van der Waals surface area contributed by atoms with Gasteiger partial charge in [0.25, 0.3) is 0 Å². The molecule has 0 aliphatic heterocycles. The summed E-state index contributed by atoms with van der Waals surface area (Å²) in [4.78, 5) is 0. The fraction of sp³-hybridized carbons (Fsp3) is 0.692. The van der Waals surface area contributed by atoms with Crippen LogP contribution in [0.1, 0.15) is 36.9 Å². The van der Waals surface area contributed by atoms with Gasteiger partial charge in [-0.05, 0) is 31.2 Å². The van der Waals surface area contributed by atoms with Crippen LogP contribution in [0.15, 0.2) is 6.07 Å². The van der Waals surface area contributed by atoms with Crippen molar-refractivity contribution in [2.75, 3.05) is 6.61 Å². The number of aromatic nitrogens is 2. The molecule has 2 aliphatic rings. The second-order valence-corrected chi connectivity index (χ2v) is 5.30. The Balaban J connectivity index is 1.57. The van der Waals surface area contributed by atoms with E-state index in [9.17, 15) is 8.78 Å². The molecular formula is C13H16F2N2O. The largest absolute Gasteiger partial charge is 0.476 e. The lowest BCUT2D eigenvalue weighted by Gasteiger charge is -2.34. The standard InChI is InChI=1S/C13H16F2N2O/c14-13(15)6-9(7-13)8-18-12-5-10-3-1-2-4-11(10)16-17-12/h5,9H,1-4,6-8H2. The molecule has 3 nitrogen and oxygen atoms in total. The van der Waals surface area contributed by atoms with E-state index in [1.165, 1.54) is 18.4 Å². The number of fused-ring (bicyclic) bond motifs is 1. The van der Waals surface area contributed by atoms with Gasteiger partial charge in [0, 0.05) is 24.8 Å². The molecule has 1 aromatic heterocycles. The number of rotatable bonds is 3. The fourth-order valence-electron chi connectivity index (χ4n) is 2.65. The molecule has 0 unspecified atom stereocenters. The lowest BCUT2D eigenvalue weighted by Crippen LogP contribution is -2.38. The van der Waals surface area contributed by atoms with Gasteiger partial charge in [-0.15, -0.1) is 5.10 Å². The third kappa shape index (κ3) is 2.44. The summed E-state index contributed by atoms with van der Waals surface area (Å²) in [5, 5.41) is 8.15. The molecule has 0 amide bonds. The van der Waals surface area contributed by atoms with Crippen molar-refractivity contribution >= 4 is 0 Å². The van der Waals surface area contributed by atoms with Gasteiger partial charge in [0.15, 0.2) is 0 Å². The van der Waals surface area contributed by atoms with Gasteiger partial charge in [0.1, 0.15) is 0 Å². The van der Waals surface area contributed by atoms with E-state index in [0.717, 1.165) is 18.5 Å². The molecule has 0 radical (unpaired) electrons. The van der Waals surface area contributed by atoms with Crippen molar-refractivity contribution in [2.45, 2.75) is 44.4 Å². The highest BCUT2D eigenvalue weighted by molar-refractivity contribution is 5.26. The highest BCUT2D eigenvalue weighted by Crippen LogP contribution is 2.42. The van der Waals surface area contributed by atoms with Gasteiger partial charge in [-0.2, -0.15) is 5.10 Å². The zero-order valence-electron chi connectivity index (χ0n) is 10.2. The Bertz CT molecular complexity index is 443. The zero-order valence-corrected chi connectivity index (χ0v) is 10.2. The summed E-state index contributed by atoms with van der Waals surface area (Å²) in [7, 11) is 0. The number of halogens is 2. The first-order valence-electron chi connectivity index (χ1n) is 6.48. The van der Waals surface area contributed by atoms with Crippen LogP contribution in [-0.2, 0) is 12.8 Å². The average Bonchev–Trinajstić information content (AvgIpc) is 2.33. The molecule has 1 fully saturated rings. The molecule has 0 aromatic carbocycles. The summed E-state index contributed by atoms with van der Waals surface area (Å²) < 4.78 is 30.8. The van der Waals surface area contributed by atoms with E-state index < -0.39 is 5.92 Å². The lowest BCUT2D eigenvalue weighted by molar-refractivity contribution is -0.119. The van der Waals surface area contributed by atoms with Gasteiger partial charge in [0.2, 0.25) is 11.8 Å². The Labute approximate surface area is 105 Å². The molecule has 1 saturated carbocycles. The van der Waals surface area contributed by atoms with Gasteiger partial charge in [-0.1, -0.05) is 0 Å². The van der Waals surface area contributed by atoms with Crippen molar-refractivity contribution < 1.29 is 13.5 Å². The van der Waals surface area contributed by atoms with Crippen LogP contribution in [0, 0.1) is 5.92 Å². The summed E-state index contributed by atoms with van der Waals surface area (Å²) in [5.41, 5.74) is 2.26. The third-order valence-corrected chi connectivity index (χ3v) is 3.69. The molecule has 2 aliphatic carbocycles. The maximum atomic E-state index is 12.7. The maximum Gasteiger partial charge on any atom is 0.248 e. The number of ether oxygens (including phenoxy) is 1. The van der Waals surface area contributed by atoms with E-state index in [0.29, 0.717) is 12.5 Å². The van der Waals surface area contributed by atoms with Crippen molar-refractivity contribution in [3.8, 4) is 5.88 Å². The maximum absolute atomic E-state index is 12.7. The minimum atomic E-state index is -2.48. The predicted molar refractivity (Wildman–Crippen MR) is 61.8 cm³/mol. The topological polar surface area (TPSA) is 35.0 Å². The minimum absolute atomic E-state index is 0.0437. The van der Waals surface area contributed by atoms with Gasteiger partial charge in [-0.3, -0.25) is 0 Å². The average molecular weight is 254 g/mol. The van der Waals surface area contributed by atoms with Crippen LogP contribution in [0.5, 0.6) is 5.88 Å². The first kappa shape index (κ1) is 11.8. The van der Waals surface area contributed by atoms with Crippen LogP contribution >= 0.6 is 0 Å². The number of nitrogens with zero attached hydrogens (tertiary/aromatic N) is 2. The predicted octanol–water partition coefficient (Wildman–Crippen LogP) is 2.78. The molecule has 3 rings (SSSR count). The van der Waals surface area contributed by atoms with Crippen molar-refractivity contribution in [1.29, 1.82) is 0 Å². The van der Waals surface area contributed by atoms with Gasteiger partial charge in [0.05, 0.1) is 12.3 Å². The van der Waals surface area contributed by atoms with E-state index in [2.05, 4.69) is 10.2 Å². The Kier molecular flexibility index (Phi) is 2.92. The van der Waals surface area contributed by atoms with Gasteiger partial charge >= 0.3 is 0 Å². The molecule has 5 heteroatoms. The highest BCUT2D eigenvalue weighted by atomic mass is 19.3. The van der Waals surface area contributed by atoms with Crippen molar-refractivity contribution in [3.63, 3.8) is 0 Å². The second kappa shape index (κ2) is 4.44. The summed E-state index contributed by atoms with van der Waals surface area (Å²) in [6, 6.07) is 1.91. The van der Waals surface area contributed by atoms with Crippen LogP contribution in [-0.4, -0.2) is 22.7 Å². The molecule has 0 bridgehead atoms. The van der Waals surface area contributed by atoms with E-state index in [-0.39, 0.29) is 18.8 Å². The first-order valence-corrected chi connectivity index (χ1v) is 6.48. The van der Waals surface area contributed by atoms with Crippen LogP contribution in [0.25, 0.3) is 0 Å². The van der Waals surface area contributed by atoms with E-state index in [1.807, 2.05) is 6.07 Å². The number of hydrogen-bond donors (Lipinski definition) is 0. The Morgan fingerprint density at radius 2 is 2.00 bits per heavy atom. The van der Waals surface area contributed by atoms with Crippen LogP contribution in [0.3, 0.4) is 0 Å². The minimum Gasteiger partial charge on any atom is -0.476 e. The van der Waals surface area contributed by atoms with Crippen molar-refractivity contribution in [1.82, 2.24) is 10.2 Å². The molecule has 1 aromatic rings. The Morgan fingerprint density at radius 3 is 2.78 bits per heavy atom. The number of hydrogen-bond acceptors (Lipinski definition) is 3. The quantitative estimate of drug-likeness (QED) is 0.832. The Morgan fingerprint density at radius 1 is 1.22 bits per heavy atom. The van der Waals surface area contributed by atoms with Gasteiger partial charge in [-0.25, -0.2) is 8.78 Å². The van der Waals surface area contributed by atoms with E-state index in [1.54, 1.807) is 0 Å². The van der Waals surface area contributed by atoms with Crippen molar-refractivity contribution in [2.24, 2.45) is 5.92 Å². The summed E-state index contributed by atoms with van der Waals surface area (Å²) in [6.07, 6.45) is 4.21. The normalized spacial score (nSPS) is 22.1. The van der Waals surface area contributed by atoms with Crippen molar-refractivity contribution in [3.05, 3.63) is 17.3 Å². The fourth-order valence-corrected chi connectivity index (χ4v) is 2.65. The SMILES string of the molecule is FC1(F)CC(COc2cc3c(nn2)CCCC3)C1. The molecular weight excluding hydrogens is 238 g/mol. The molecule has 0 saturated heterocycles. The molecule has 98 valence electrons. The lowest BCUT2D eigenvalue weighted by atomic mass is 9.82. The van der Waals surface area contributed by atoms with Crippen LogP contribution in [0.4, 0.5) is 8.78 Å². The smallest absolute Gasteiger partial charge is 0.248 e. The second-order valence-electron chi connectivity index (χ2n) is 5.30. The zero-order chi connectivity index (χ0) is 12.6. The molecule has 0 N–H and O–H groups in total. The number of alkyl halides is 2.